The van der Waals surface area contributed by atoms with Gasteiger partial charge in [0.05, 0.1) is 12.6 Å². The van der Waals surface area contributed by atoms with E-state index >= 15 is 0 Å². The number of amidine groups is 1. The zero-order valence-corrected chi connectivity index (χ0v) is 9.95. The van der Waals surface area contributed by atoms with Crippen molar-refractivity contribution >= 4 is 18.0 Å². The van der Waals surface area contributed by atoms with E-state index in [-0.39, 0.29) is 17.8 Å². The standard InChI is InChI=1S/C12H13FN4O2/c13-12(6-16-11(15)17-10(12)14)8-3-1-2-7(4-8)5-9(18)19/h1-4,6,11H,5,15H2,(H2,14,17)(H,18,19). The van der Waals surface area contributed by atoms with Crippen LogP contribution in [0.3, 0.4) is 0 Å². The predicted octanol–water partition coefficient (Wildman–Crippen LogP) is 0.162. The highest BCUT2D eigenvalue weighted by atomic mass is 19.1. The summed E-state index contributed by atoms with van der Waals surface area (Å²) in [6.45, 7) is 0. The number of benzene rings is 1. The van der Waals surface area contributed by atoms with Crippen LogP contribution >= 0.6 is 0 Å². The molecule has 0 amide bonds. The SMILES string of the molecule is NC1=NC(N)N=CC1(F)c1cccc(CC(=O)O)c1. The molecule has 1 heterocycles. The minimum Gasteiger partial charge on any atom is -0.481 e. The van der Waals surface area contributed by atoms with E-state index < -0.39 is 17.9 Å². The fourth-order valence-corrected chi connectivity index (χ4v) is 1.82. The van der Waals surface area contributed by atoms with Crippen LogP contribution in [-0.2, 0) is 16.9 Å². The second-order valence-electron chi connectivity index (χ2n) is 4.19. The number of hydrogen-bond acceptors (Lipinski definition) is 5. The fraction of sp³-hybridized carbons (Fsp3) is 0.250. The summed E-state index contributed by atoms with van der Waals surface area (Å²) in [6.07, 6.45) is -0.0941. The highest BCUT2D eigenvalue weighted by Crippen LogP contribution is 2.27. The Morgan fingerprint density at radius 3 is 2.89 bits per heavy atom. The first-order chi connectivity index (χ1) is 8.91. The summed E-state index contributed by atoms with van der Waals surface area (Å²) in [5.74, 6) is -1.28. The predicted molar refractivity (Wildman–Crippen MR) is 68.7 cm³/mol. The Morgan fingerprint density at radius 1 is 1.53 bits per heavy atom. The lowest BCUT2D eigenvalue weighted by Gasteiger charge is -2.25. The number of aliphatic imine (C=N–C) groups is 2. The minimum atomic E-state index is -2.15. The molecule has 0 bridgehead atoms. The molecule has 0 fully saturated rings. The zero-order valence-electron chi connectivity index (χ0n) is 9.95. The molecule has 0 aromatic heterocycles. The lowest BCUT2D eigenvalue weighted by Crippen LogP contribution is -2.44. The van der Waals surface area contributed by atoms with E-state index in [1.807, 2.05) is 0 Å². The molecule has 0 saturated heterocycles. The van der Waals surface area contributed by atoms with Gasteiger partial charge in [-0.15, -0.1) is 0 Å². The summed E-state index contributed by atoms with van der Waals surface area (Å²) in [5, 5.41) is 8.73. The topological polar surface area (TPSA) is 114 Å². The molecule has 1 aliphatic rings. The van der Waals surface area contributed by atoms with Gasteiger partial charge in [0, 0.05) is 5.56 Å². The van der Waals surface area contributed by atoms with Gasteiger partial charge in [-0.1, -0.05) is 24.3 Å². The largest absolute Gasteiger partial charge is 0.481 e. The fourth-order valence-electron chi connectivity index (χ4n) is 1.82. The van der Waals surface area contributed by atoms with Crippen molar-refractivity contribution in [3.63, 3.8) is 0 Å². The van der Waals surface area contributed by atoms with E-state index in [0.29, 0.717) is 5.56 Å². The Hall–Kier alpha value is -2.28. The molecule has 19 heavy (non-hydrogen) atoms. The normalized spacial score (nSPS) is 26.0. The Labute approximate surface area is 108 Å². The van der Waals surface area contributed by atoms with E-state index in [1.54, 1.807) is 12.1 Å². The number of aliphatic carboxylic acids is 1. The van der Waals surface area contributed by atoms with Gasteiger partial charge in [-0.05, 0) is 5.56 Å². The van der Waals surface area contributed by atoms with E-state index in [1.165, 1.54) is 12.1 Å². The number of nitrogens with two attached hydrogens (primary N) is 2. The van der Waals surface area contributed by atoms with Crippen LogP contribution in [0.25, 0.3) is 0 Å². The van der Waals surface area contributed by atoms with Crippen LogP contribution in [0.2, 0.25) is 0 Å². The maximum Gasteiger partial charge on any atom is 0.307 e. The van der Waals surface area contributed by atoms with Gasteiger partial charge < -0.3 is 10.8 Å². The van der Waals surface area contributed by atoms with Gasteiger partial charge >= 0.3 is 5.97 Å². The zero-order chi connectivity index (χ0) is 14.0. The van der Waals surface area contributed by atoms with Gasteiger partial charge in [0.15, 0.2) is 6.29 Å². The highest BCUT2D eigenvalue weighted by molar-refractivity contribution is 6.06. The third kappa shape index (κ3) is 2.60. The van der Waals surface area contributed by atoms with Gasteiger partial charge in [-0.3, -0.25) is 15.5 Å². The molecule has 1 aliphatic heterocycles. The first kappa shape index (κ1) is 13.2. The van der Waals surface area contributed by atoms with Crippen LogP contribution in [0.4, 0.5) is 4.39 Å². The molecule has 2 rings (SSSR count). The van der Waals surface area contributed by atoms with Gasteiger partial charge in [-0.2, -0.15) is 0 Å². The van der Waals surface area contributed by atoms with Crippen molar-refractivity contribution in [2.75, 3.05) is 0 Å². The summed E-state index contributed by atoms with van der Waals surface area (Å²) in [7, 11) is 0. The third-order valence-corrected chi connectivity index (χ3v) is 2.75. The maximum absolute atomic E-state index is 14.8. The number of carboxylic acids is 1. The molecular weight excluding hydrogens is 251 g/mol. The number of carbonyl (C=O) groups is 1. The molecule has 2 unspecified atom stereocenters. The molecule has 0 saturated carbocycles. The number of carboxylic acid groups (broad SMARTS) is 1. The molecule has 100 valence electrons. The van der Waals surface area contributed by atoms with Crippen LogP contribution < -0.4 is 11.5 Å². The monoisotopic (exact) mass is 264 g/mol. The van der Waals surface area contributed by atoms with Crippen LogP contribution in [0.1, 0.15) is 11.1 Å². The number of halogens is 1. The number of hydrogen-bond donors (Lipinski definition) is 3. The Bertz CT molecular complexity index is 573. The van der Waals surface area contributed by atoms with E-state index in [4.69, 9.17) is 16.6 Å². The molecule has 1 aromatic rings. The van der Waals surface area contributed by atoms with Crippen molar-refractivity contribution in [2.24, 2.45) is 21.5 Å². The van der Waals surface area contributed by atoms with E-state index in [2.05, 4.69) is 9.98 Å². The Balaban J connectivity index is 2.39. The molecule has 0 aliphatic carbocycles. The lowest BCUT2D eigenvalue weighted by molar-refractivity contribution is -0.136. The van der Waals surface area contributed by atoms with Crippen LogP contribution in [-0.4, -0.2) is 29.4 Å². The summed E-state index contributed by atoms with van der Waals surface area (Å²) in [4.78, 5) is 18.0. The summed E-state index contributed by atoms with van der Waals surface area (Å²) in [6, 6.07) is 6.08. The number of nitrogens with zero attached hydrogens (tertiary/aromatic N) is 2. The molecule has 7 heteroatoms. The Morgan fingerprint density at radius 2 is 2.26 bits per heavy atom. The number of alkyl halides is 1. The molecule has 1 aromatic carbocycles. The van der Waals surface area contributed by atoms with Crippen LogP contribution in [0.15, 0.2) is 34.3 Å². The maximum atomic E-state index is 14.8. The lowest BCUT2D eigenvalue weighted by atomic mass is 9.93. The second kappa shape index (κ2) is 4.77. The van der Waals surface area contributed by atoms with Gasteiger partial charge in [0.25, 0.3) is 0 Å². The van der Waals surface area contributed by atoms with Crippen molar-refractivity contribution in [3.05, 3.63) is 35.4 Å². The minimum absolute atomic E-state index is 0.183. The van der Waals surface area contributed by atoms with E-state index in [9.17, 15) is 9.18 Å². The summed E-state index contributed by atoms with van der Waals surface area (Å²) in [5.41, 5.74) is 9.49. The van der Waals surface area contributed by atoms with Gasteiger partial charge in [-0.25, -0.2) is 9.38 Å². The number of rotatable bonds is 3. The smallest absolute Gasteiger partial charge is 0.307 e. The average Bonchev–Trinajstić information content (AvgIpc) is 2.34. The Kier molecular flexibility index (Phi) is 3.30. The van der Waals surface area contributed by atoms with Gasteiger partial charge in [0.2, 0.25) is 5.67 Å². The highest BCUT2D eigenvalue weighted by Gasteiger charge is 2.37. The molecule has 2 atom stereocenters. The molecule has 0 radical (unpaired) electrons. The molecular formula is C12H13FN4O2. The second-order valence-corrected chi connectivity index (χ2v) is 4.19. The summed E-state index contributed by atoms with van der Waals surface area (Å²) >= 11 is 0. The molecule has 6 nitrogen and oxygen atoms in total. The van der Waals surface area contributed by atoms with E-state index in [0.717, 1.165) is 6.21 Å². The van der Waals surface area contributed by atoms with Crippen molar-refractivity contribution in [3.8, 4) is 0 Å². The quantitative estimate of drug-likeness (QED) is 0.721. The van der Waals surface area contributed by atoms with Crippen molar-refractivity contribution in [2.45, 2.75) is 18.4 Å². The van der Waals surface area contributed by atoms with Crippen molar-refractivity contribution in [1.82, 2.24) is 0 Å². The van der Waals surface area contributed by atoms with Gasteiger partial charge in [0.1, 0.15) is 5.84 Å². The van der Waals surface area contributed by atoms with Crippen molar-refractivity contribution < 1.29 is 14.3 Å². The molecule has 0 spiro atoms. The first-order valence-electron chi connectivity index (χ1n) is 5.55. The van der Waals surface area contributed by atoms with Crippen molar-refractivity contribution in [1.29, 1.82) is 0 Å². The van der Waals surface area contributed by atoms with Crippen LogP contribution in [0, 0.1) is 0 Å². The first-order valence-corrected chi connectivity index (χ1v) is 5.55. The molecule has 5 N–H and O–H groups in total. The summed E-state index contributed by atoms with van der Waals surface area (Å²) < 4.78 is 14.8. The third-order valence-electron chi connectivity index (χ3n) is 2.75. The van der Waals surface area contributed by atoms with Crippen LogP contribution in [0.5, 0.6) is 0 Å². The average molecular weight is 264 g/mol.